The number of hydrogen-bond acceptors (Lipinski definition) is 3. The normalized spacial score (nSPS) is 12.2. The van der Waals surface area contributed by atoms with E-state index in [0.717, 1.165) is 17.0 Å². The molecule has 3 N–H and O–H groups in total. The highest BCUT2D eigenvalue weighted by Crippen LogP contribution is 2.22. The lowest BCUT2D eigenvalue weighted by Crippen LogP contribution is -2.20. The second-order valence-corrected chi connectivity index (χ2v) is 5.54. The van der Waals surface area contributed by atoms with Crippen LogP contribution in [0.15, 0.2) is 48.5 Å². The van der Waals surface area contributed by atoms with Crippen LogP contribution < -0.4 is 15.8 Å². The van der Waals surface area contributed by atoms with Crippen LogP contribution in [0.5, 0.6) is 5.75 Å². The molecular formula is C18H24N2O. The fourth-order valence-electron chi connectivity index (χ4n) is 2.27. The molecule has 0 aromatic heterocycles. The van der Waals surface area contributed by atoms with Gasteiger partial charge in [0.15, 0.2) is 0 Å². The zero-order chi connectivity index (χ0) is 15.2. The summed E-state index contributed by atoms with van der Waals surface area (Å²) in [4.78, 5) is 0. The quantitative estimate of drug-likeness (QED) is 0.846. The zero-order valence-electron chi connectivity index (χ0n) is 13.0. The summed E-state index contributed by atoms with van der Waals surface area (Å²) < 4.78 is 5.66. The second kappa shape index (κ2) is 7.14. The van der Waals surface area contributed by atoms with Gasteiger partial charge in [0.2, 0.25) is 0 Å². The van der Waals surface area contributed by atoms with Gasteiger partial charge in [-0.3, -0.25) is 0 Å². The monoisotopic (exact) mass is 284 g/mol. The van der Waals surface area contributed by atoms with Crippen LogP contribution in [-0.2, 0) is 0 Å². The molecule has 21 heavy (non-hydrogen) atoms. The van der Waals surface area contributed by atoms with Gasteiger partial charge >= 0.3 is 0 Å². The van der Waals surface area contributed by atoms with Crippen molar-refractivity contribution < 1.29 is 4.74 Å². The largest absolute Gasteiger partial charge is 0.491 e. The number of nitrogens with one attached hydrogen (secondary N) is 1. The van der Waals surface area contributed by atoms with E-state index in [0.29, 0.717) is 6.54 Å². The van der Waals surface area contributed by atoms with Crippen LogP contribution in [0.1, 0.15) is 31.0 Å². The molecule has 0 amide bonds. The number of aryl methyl sites for hydroxylation is 1. The predicted octanol–water partition coefficient (Wildman–Crippen LogP) is 3.89. The van der Waals surface area contributed by atoms with E-state index in [2.05, 4.69) is 42.6 Å². The second-order valence-electron chi connectivity index (χ2n) is 5.54. The predicted molar refractivity (Wildman–Crippen MR) is 88.8 cm³/mol. The Labute approximate surface area is 127 Å². The van der Waals surface area contributed by atoms with Crippen molar-refractivity contribution in [1.82, 2.24) is 0 Å². The first kappa shape index (κ1) is 15.4. The third-order valence-corrected chi connectivity index (χ3v) is 3.25. The number of nitrogens with two attached hydrogens (primary N) is 1. The fourth-order valence-corrected chi connectivity index (χ4v) is 2.27. The van der Waals surface area contributed by atoms with Crippen LogP contribution >= 0.6 is 0 Å². The van der Waals surface area contributed by atoms with Gasteiger partial charge < -0.3 is 15.8 Å². The Morgan fingerprint density at radius 3 is 2.38 bits per heavy atom. The SMILES string of the molecule is Cc1cccc(NC(CN)c2ccc(OC(C)C)cc2)c1. The van der Waals surface area contributed by atoms with Gasteiger partial charge in [-0.05, 0) is 56.2 Å². The molecule has 112 valence electrons. The Bertz CT molecular complexity index is 564. The molecule has 0 heterocycles. The fraction of sp³-hybridized carbons (Fsp3) is 0.333. The molecule has 0 radical (unpaired) electrons. The van der Waals surface area contributed by atoms with Crippen molar-refractivity contribution in [3.63, 3.8) is 0 Å². The average Bonchev–Trinajstić information content (AvgIpc) is 2.45. The molecule has 2 rings (SSSR count). The van der Waals surface area contributed by atoms with Crippen LogP contribution in [-0.4, -0.2) is 12.6 Å². The van der Waals surface area contributed by atoms with Gasteiger partial charge in [-0.1, -0.05) is 24.3 Å². The number of benzene rings is 2. The summed E-state index contributed by atoms with van der Waals surface area (Å²) in [7, 11) is 0. The molecule has 3 heteroatoms. The lowest BCUT2D eigenvalue weighted by atomic mass is 10.1. The number of ether oxygens (including phenoxy) is 1. The van der Waals surface area contributed by atoms with Gasteiger partial charge in [-0.2, -0.15) is 0 Å². The minimum atomic E-state index is 0.0971. The molecule has 0 saturated heterocycles. The minimum Gasteiger partial charge on any atom is -0.491 e. The Hall–Kier alpha value is -2.00. The van der Waals surface area contributed by atoms with Gasteiger partial charge in [0.1, 0.15) is 5.75 Å². The topological polar surface area (TPSA) is 47.3 Å². The van der Waals surface area contributed by atoms with Crippen LogP contribution in [0.4, 0.5) is 5.69 Å². The van der Waals surface area contributed by atoms with Crippen LogP contribution in [0.25, 0.3) is 0 Å². The van der Waals surface area contributed by atoms with Crippen LogP contribution in [0, 0.1) is 6.92 Å². The summed E-state index contributed by atoms with van der Waals surface area (Å²) in [5, 5.41) is 3.48. The van der Waals surface area contributed by atoms with E-state index in [1.54, 1.807) is 0 Å². The molecule has 0 aliphatic heterocycles. The van der Waals surface area contributed by atoms with E-state index in [4.69, 9.17) is 10.5 Å². The van der Waals surface area contributed by atoms with E-state index < -0.39 is 0 Å². The summed E-state index contributed by atoms with van der Waals surface area (Å²) in [6.45, 7) is 6.67. The summed E-state index contributed by atoms with van der Waals surface area (Å²) in [6, 6.07) is 16.5. The first-order valence-corrected chi connectivity index (χ1v) is 7.38. The van der Waals surface area contributed by atoms with E-state index in [9.17, 15) is 0 Å². The third-order valence-electron chi connectivity index (χ3n) is 3.25. The lowest BCUT2D eigenvalue weighted by Gasteiger charge is -2.19. The maximum Gasteiger partial charge on any atom is 0.119 e. The first-order valence-electron chi connectivity index (χ1n) is 7.38. The van der Waals surface area contributed by atoms with E-state index in [-0.39, 0.29) is 12.1 Å². The zero-order valence-corrected chi connectivity index (χ0v) is 13.0. The molecule has 1 unspecified atom stereocenters. The first-order chi connectivity index (χ1) is 10.1. The number of anilines is 1. The average molecular weight is 284 g/mol. The van der Waals surface area contributed by atoms with E-state index >= 15 is 0 Å². The lowest BCUT2D eigenvalue weighted by molar-refractivity contribution is 0.242. The summed E-state index contributed by atoms with van der Waals surface area (Å²) in [6.07, 6.45) is 0.187. The van der Waals surface area contributed by atoms with E-state index in [1.165, 1.54) is 5.56 Å². The smallest absolute Gasteiger partial charge is 0.119 e. The number of rotatable bonds is 6. The van der Waals surface area contributed by atoms with Gasteiger partial charge in [0.05, 0.1) is 12.1 Å². The van der Waals surface area contributed by atoms with E-state index in [1.807, 2.05) is 32.0 Å². The van der Waals surface area contributed by atoms with Gasteiger partial charge in [0, 0.05) is 12.2 Å². The molecule has 0 spiro atoms. The molecule has 2 aromatic carbocycles. The van der Waals surface area contributed by atoms with Crippen molar-refractivity contribution in [3.05, 3.63) is 59.7 Å². The molecular weight excluding hydrogens is 260 g/mol. The van der Waals surface area contributed by atoms with Crippen molar-refractivity contribution in [2.45, 2.75) is 32.9 Å². The third kappa shape index (κ3) is 4.50. The maximum absolute atomic E-state index is 5.92. The molecule has 0 bridgehead atoms. The standard InChI is InChI=1S/C18H24N2O/c1-13(2)21-17-9-7-15(8-10-17)18(12-19)20-16-6-4-5-14(3)11-16/h4-11,13,18,20H,12,19H2,1-3H3. The van der Waals surface area contributed by atoms with Crippen molar-refractivity contribution >= 4 is 5.69 Å². The summed E-state index contributed by atoms with van der Waals surface area (Å²) >= 11 is 0. The Balaban J connectivity index is 2.10. The molecule has 0 aliphatic rings. The maximum atomic E-state index is 5.92. The number of hydrogen-bond donors (Lipinski definition) is 2. The van der Waals surface area contributed by atoms with Crippen molar-refractivity contribution in [1.29, 1.82) is 0 Å². The highest BCUT2D eigenvalue weighted by atomic mass is 16.5. The molecule has 2 aromatic rings. The van der Waals surface area contributed by atoms with Crippen molar-refractivity contribution in [2.24, 2.45) is 5.73 Å². The Morgan fingerprint density at radius 1 is 1.10 bits per heavy atom. The molecule has 0 aliphatic carbocycles. The summed E-state index contributed by atoms with van der Waals surface area (Å²) in [5.41, 5.74) is 9.40. The summed E-state index contributed by atoms with van der Waals surface area (Å²) in [5.74, 6) is 0.889. The Morgan fingerprint density at radius 2 is 1.81 bits per heavy atom. The van der Waals surface area contributed by atoms with Gasteiger partial charge in [-0.25, -0.2) is 0 Å². The molecule has 1 atom stereocenters. The van der Waals surface area contributed by atoms with Crippen molar-refractivity contribution in [3.8, 4) is 5.75 Å². The highest BCUT2D eigenvalue weighted by Gasteiger charge is 2.10. The highest BCUT2D eigenvalue weighted by molar-refractivity contribution is 5.48. The minimum absolute atomic E-state index is 0.0971. The molecule has 3 nitrogen and oxygen atoms in total. The molecule has 0 saturated carbocycles. The molecule has 0 fully saturated rings. The van der Waals surface area contributed by atoms with Crippen LogP contribution in [0.2, 0.25) is 0 Å². The van der Waals surface area contributed by atoms with Crippen molar-refractivity contribution in [2.75, 3.05) is 11.9 Å². The van der Waals surface area contributed by atoms with Gasteiger partial charge in [-0.15, -0.1) is 0 Å². The Kier molecular flexibility index (Phi) is 5.23. The van der Waals surface area contributed by atoms with Crippen LogP contribution in [0.3, 0.4) is 0 Å². The van der Waals surface area contributed by atoms with Gasteiger partial charge in [0.25, 0.3) is 0 Å².